The highest BCUT2D eigenvalue weighted by Gasteiger charge is 2.44. The van der Waals surface area contributed by atoms with Crippen LogP contribution in [0.25, 0.3) is 0 Å². The zero-order valence-electron chi connectivity index (χ0n) is 11.5. The lowest BCUT2D eigenvalue weighted by Gasteiger charge is -2.32. The van der Waals surface area contributed by atoms with E-state index < -0.39 is 0 Å². The van der Waals surface area contributed by atoms with E-state index in [1.54, 1.807) is 6.08 Å². The first-order chi connectivity index (χ1) is 9.64. The normalized spacial score (nSPS) is 21.4. The highest BCUT2D eigenvalue weighted by atomic mass is 16.2. The van der Waals surface area contributed by atoms with Crippen molar-refractivity contribution >= 4 is 17.7 Å². The van der Waals surface area contributed by atoms with Crippen molar-refractivity contribution in [1.29, 1.82) is 0 Å². The number of hydrogen-bond donors (Lipinski definition) is 0. The van der Waals surface area contributed by atoms with E-state index in [4.69, 9.17) is 0 Å². The van der Waals surface area contributed by atoms with Crippen molar-refractivity contribution in [1.82, 2.24) is 4.90 Å². The van der Waals surface area contributed by atoms with Gasteiger partial charge >= 0.3 is 0 Å². The lowest BCUT2D eigenvalue weighted by molar-refractivity contribution is -0.120. The average molecular weight is 271 g/mol. The van der Waals surface area contributed by atoms with E-state index in [0.717, 1.165) is 30.6 Å². The van der Waals surface area contributed by atoms with E-state index in [1.807, 2.05) is 41.1 Å². The molecule has 2 fully saturated rings. The van der Waals surface area contributed by atoms with Crippen LogP contribution in [0.1, 0.15) is 18.4 Å². The molecule has 1 aromatic carbocycles. The Hall–Kier alpha value is -1.97. The van der Waals surface area contributed by atoms with Crippen molar-refractivity contribution in [2.75, 3.05) is 31.6 Å². The molecule has 5 heteroatoms. The number of rotatable bonds is 3. The van der Waals surface area contributed by atoms with Gasteiger partial charge < -0.3 is 4.90 Å². The van der Waals surface area contributed by atoms with E-state index in [-0.39, 0.29) is 11.4 Å². The van der Waals surface area contributed by atoms with E-state index in [9.17, 15) is 9.59 Å². The summed E-state index contributed by atoms with van der Waals surface area (Å²) in [6, 6.07) is 7.82. The first kappa shape index (κ1) is 13.0. The van der Waals surface area contributed by atoms with Gasteiger partial charge in [-0.3, -0.25) is 9.69 Å². The predicted molar refractivity (Wildman–Crippen MR) is 75.3 cm³/mol. The molecule has 1 saturated heterocycles. The van der Waals surface area contributed by atoms with Gasteiger partial charge in [0, 0.05) is 18.8 Å². The fourth-order valence-corrected chi connectivity index (χ4v) is 2.69. The maximum Gasteiger partial charge on any atom is 0.241 e. The molecular weight excluding hydrogens is 254 g/mol. The Labute approximate surface area is 117 Å². The summed E-state index contributed by atoms with van der Waals surface area (Å²) in [5.41, 5.74) is 1.61. The number of carbonyl (C=O) groups is 1. The van der Waals surface area contributed by atoms with Gasteiger partial charge in [0.25, 0.3) is 0 Å². The molecule has 1 saturated carbocycles. The summed E-state index contributed by atoms with van der Waals surface area (Å²) >= 11 is 0. The van der Waals surface area contributed by atoms with Crippen LogP contribution in [-0.2, 0) is 15.1 Å². The molecule has 2 aliphatic rings. The van der Waals surface area contributed by atoms with Crippen LogP contribution in [0.2, 0.25) is 0 Å². The molecule has 3 rings (SSSR count). The molecule has 0 aromatic heterocycles. The molecule has 0 spiro atoms. The zero-order chi connectivity index (χ0) is 14.2. The number of likely N-dealkylation sites (N-methyl/N-ethyl adjacent to an activating group) is 1. The van der Waals surface area contributed by atoms with Crippen LogP contribution in [0.3, 0.4) is 0 Å². The number of hydrogen-bond acceptors (Lipinski definition) is 4. The summed E-state index contributed by atoms with van der Waals surface area (Å²) in [7, 11) is 1.95. The number of isocyanates is 1. The Bertz CT molecular complexity index is 571. The Morgan fingerprint density at radius 3 is 2.45 bits per heavy atom. The fourth-order valence-electron chi connectivity index (χ4n) is 2.69. The number of amides is 1. The lowest BCUT2D eigenvalue weighted by Crippen LogP contribution is -2.48. The minimum absolute atomic E-state index is 0.124. The molecule has 104 valence electrons. The minimum Gasteiger partial charge on any atom is -0.310 e. The van der Waals surface area contributed by atoms with Gasteiger partial charge in [-0.1, -0.05) is 12.1 Å². The standard InChI is InChI=1S/C15H17N3O2/c1-17-8-9-18(14(20)10-17)13-4-2-12(3-5-13)15(6-7-15)16-11-19/h2-5H,6-10H2,1H3. The minimum atomic E-state index is -0.341. The molecule has 1 aliphatic heterocycles. The predicted octanol–water partition coefficient (Wildman–Crippen LogP) is 1.29. The highest BCUT2D eigenvalue weighted by molar-refractivity contribution is 5.95. The maximum atomic E-state index is 12.0. The monoisotopic (exact) mass is 271 g/mol. The summed E-state index contributed by atoms with van der Waals surface area (Å²) in [4.78, 5) is 30.2. The Morgan fingerprint density at radius 1 is 1.20 bits per heavy atom. The number of anilines is 1. The van der Waals surface area contributed by atoms with Gasteiger partial charge in [0.1, 0.15) is 0 Å². The van der Waals surface area contributed by atoms with E-state index in [1.165, 1.54) is 0 Å². The van der Waals surface area contributed by atoms with Crippen LogP contribution < -0.4 is 4.90 Å². The third kappa shape index (κ3) is 2.26. The van der Waals surface area contributed by atoms with E-state index >= 15 is 0 Å². The zero-order valence-corrected chi connectivity index (χ0v) is 11.5. The molecule has 1 amide bonds. The van der Waals surface area contributed by atoms with Crippen molar-refractivity contribution < 1.29 is 9.59 Å². The van der Waals surface area contributed by atoms with Crippen LogP contribution in [0, 0.1) is 0 Å². The van der Waals surface area contributed by atoms with Gasteiger partial charge in [-0.05, 0) is 37.6 Å². The second kappa shape index (κ2) is 4.85. The van der Waals surface area contributed by atoms with Gasteiger partial charge in [-0.25, -0.2) is 4.79 Å². The molecule has 1 aliphatic carbocycles. The maximum absolute atomic E-state index is 12.0. The van der Waals surface area contributed by atoms with Crippen LogP contribution >= 0.6 is 0 Å². The molecule has 5 nitrogen and oxygen atoms in total. The van der Waals surface area contributed by atoms with Gasteiger partial charge in [-0.15, -0.1) is 0 Å². The molecule has 20 heavy (non-hydrogen) atoms. The first-order valence-electron chi connectivity index (χ1n) is 6.83. The van der Waals surface area contributed by atoms with Crippen molar-refractivity contribution in [3.8, 4) is 0 Å². The quantitative estimate of drug-likeness (QED) is 0.615. The smallest absolute Gasteiger partial charge is 0.241 e. The second-order valence-electron chi connectivity index (χ2n) is 5.56. The van der Waals surface area contributed by atoms with Gasteiger partial charge in [-0.2, -0.15) is 4.99 Å². The highest BCUT2D eigenvalue weighted by Crippen LogP contribution is 2.49. The van der Waals surface area contributed by atoms with Crippen LogP contribution in [0.15, 0.2) is 29.3 Å². The third-order valence-electron chi connectivity index (χ3n) is 4.11. The topological polar surface area (TPSA) is 53.0 Å². The summed E-state index contributed by atoms with van der Waals surface area (Å²) in [5, 5.41) is 0. The van der Waals surface area contributed by atoms with Crippen LogP contribution in [0.5, 0.6) is 0 Å². The lowest BCUT2D eigenvalue weighted by atomic mass is 10.0. The van der Waals surface area contributed by atoms with Crippen LogP contribution in [0.4, 0.5) is 5.69 Å². The summed E-state index contributed by atoms with van der Waals surface area (Å²) in [6.07, 6.45) is 3.46. The Morgan fingerprint density at radius 2 is 1.90 bits per heavy atom. The van der Waals surface area contributed by atoms with Gasteiger partial charge in [0.15, 0.2) is 0 Å². The fraction of sp³-hybridized carbons (Fsp3) is 0.467. The van der Waals surface area contributed by atoms with Crippen molar-refractivity contribution in [3.63, 3.8) is 0 Å². The number of benzene rings is 1. The molecule has 0 N–H and O–H groups in total. The van der Waals surface area contributed by atoms with E-state index in [2.05, 4.69) is 4.99 Å². The number of piperazine rings is 1. The van der Waals surface area contributed by atoms with Crippen molar-refractivity contribution in [2.45, 2.75) is 18.4 Å². The molecule has 0 radical (unpaired) electrons. The molecule has 0 unspecified atom stereocenters. The SMILES string of the molecule is CN1CCN(c2ccc(C3(N=C=O)CC3)cc2)C(=O)C1. The van der Waals surface area contributed by atoms with Crippen molar-refractivity contribution in [2.24, 2.45) is 4.99 Å². The summed E-state index contributed by atoms with van der Waals surface area (Å²) in [5.74, 6) is 0.124. The number of aliphatic imine (C=N–C) groups is 1. The third-order valence-corrected chi connectivity index (χ3v) is 4.11. The number of carbonyl (C=O) groups excluding carboxylic acids is 2. The molecule has 1 aromatic rings. The van der Waals surface area contributed by atoms with E-state index in [0.29, 0.717) is 13.1 Å². The van der Waals surface area contributed by atoms with Crippen LogP contribution in [-0.4, -0.2) is 43.6 Å². The molecule has 0 atom stereocenters. The van der Waals surface area contributed by atoms with Gasteiger partial charge in [0.2, 0.25) is 12.0 Å². The summed E-state index contributed by atoms with van der Waals surface area (Å²) < 4.78 is 0. The van der Waals surface area contributed by atoms with Crippen molar-refractivity contribution in [3.05, 3.63) is 29.8 Å². The first-order valence-corrected chi connectivity index (χ1v) is 6.83. The average Bonchev–Trinajstić information content (AvgIpc) is 3.20. The summed E-state index contributed by atoms with van der Waals surface area (Å²) in [6.45, 7) is 2.06. The molecular formula is C15H17N3O2. The largest absolute Gasteiger partial charge is 0.310 e. The Kier molecular flexibility index (Phi) is 3.16. The second-order valence-corrected chi connectivity index (χ2v) is 5.56. The number of nitrogens with zero attached hydrogens (tertiary/aromatic N) is 3. The molecule has 1 heterocycles. The molecule has 0 bridgehead atoms. The Balaban J connectivity index is 1.80. The van der Waals surface area contributed by atoms with Gasteiger partial charge in [0.05, 0.1) is 12.1 Å².